The standard InChI is InChI=1S/C12H21N3O/c1-3-5-13-12-7-11(4-6-14-12)15-8-10(2)9-16/h4,6-7,10,16H,3,5,8-9H2,1-2H3,(H2,13,14,15). The molecule has 0 amide bonds. The van der Waals surface area contributed by atoms with Crippen molar-refractivity contribution < 1.29 is 5.11 Å². The van der Waals surface area contributed by atoms with Gasteiger partial charge in [0.05, 0.1) is 0 Å². The molecule has 1 aromatic heterocycles. The van der Waals surface area contributed by atoms with Crippen LogP contribution in [0.25, 0.3) is 0 Å². The SMILES string of the molecule is CCCNc1cc(NCC(C)CO)ccn1. The molecule has 0 fully saturated rings. The summed E-state index contributed by atoms with van der Waals surface area (Å²) in [6.45, 7) is 6.04. The summed E-state index contributed by atoms with van der Waals surface area (Å²) in [5, 5.41) is 15.4. The fourth-order valence-corrected chi connectivity index (χ4v) is 1.25. The Hall–Kier alpha value is -1.29. The highest BCUT2D eigenvalue weighted by atomic mass is 16.3. The Morgan fingerprint density at radius 2 is 2.25 bits per heavy atom. The molecule has 1 rings (SSSR count). The van der Waals surface area contributed by atoms with E-state index in [1.807, 2.05) is 19.1 Å². The molecule has 0 aliphatic heterocycles. The van der Waals surface area contributed by atoms with Crippen molar-refractivity contribution in [3.8, 4) is 0 Å². The smallest absolute Gasteiger partial charge is 0.127 e. The van der Waals surface area contributed by atoms with E-state index < -0.39 is 0 Å². The molecule has 1 unspecified atom stereocenters. The van der Waals surface area contributed by atoms with E-state index in [-0.39, 0.29) is 12.5 Å². The summed E-state index contributed by atoms with van der Waals surface area (Å²) in [6, 6.07) is 3.92. The molecule has 1 aromatic rings. The van der Waals surface area contributed by atoms with Gasteiger partial charge in [-0.25, -0.2) is 4.98 Å². The van der Waals surface area contributed by atoms with E-state index in [9.17, 15) is 0 Å². The highest BCUT2D eigenvalue weighted by molar-refractivity contribution is 5.51. The normalized spacial score (nSPS) is 12.2. The maximum Gasteiger partial charge on any atom is 0.127 e. The summed E-state index contributed by atoms with van der Waals surface area (Å²) in [5.41, 5.74) is 1.04. The van der Waals surface area contributed by atoms with Crippen molar-refractivity contribution in [1.82, 2.24) is 4.98 Å². The maximum absolute atomic E-state index is 8.92. The van der Waals surface area contributed by atoms with Gasteiger partial charge in [0.1, 0.15) is 5.82 Å². The molecule has 0 aliphatic rings. The Bertz CT molecular complexity index is 304. The number of hydrogen-bond donors (Lipinski definition) is 3. The second kappa shape index (κ2) is 7.06. The number of rotatable bonds is 7. The minimum Gasteiger partial charge on any atom is -0.396 e. The first-order valence-electron chi connectivity index (χ1n) is 5.81. The average Bonchev–Trinajstić information content (AvgIpc) is 2.34. The van der Waals surface area contributed by atoms with Crippen LogP contribution in [-0.4, -0.2) is 29.8 Å². The Morgan fingerprint density at radius 3 is 2.94 bits per heavy atom. The molecule has 90 valence electrons. The van der Waals surface area contributed by atoms with Gasteiger partial charge in [0.15, 0.2) is 0 Å². The monoisotopic (exact) mass is 223 g/mol. The van der Waals surface area contributed by atoms with Crippen LogP contribution < -0.4 is 10.6 Å². The third kappa shape index (κ3) is 4.49. The van der Waals surface area contributed by atoms with Crippen LogP contribution in [0.15, 0.2) is 18.3 Å². The molecule has 3 N–H and O–H groups in total. The van der Waals surface area contributed by atoms with Crippen LogP contribution in [0, 0.1) is 5.92 Å². The predicted molar refractivity (Wildman–Crippen MR) is 67.8 cm³/mol. The number of pyridine rings is 1. The van der Waals surface area contributed by atoms with Crippen LogP contribution in [0.5, 0.6) is 0 Å². The van der Waals surface area contributed by atoms with Crippen LogP contribution >= 0.6 is 0 Å². The van der Waals surface area contributed by atoms with Gasteiger partial charge in [0.2, 0.25) is 0 Å². The lowest BCUT2D eigenvalue weighted by Crippen LogP contribution is -2.14. The predicted octanol–water partition coefficient (Wildman–Crippen LogP) is 1.94. The highest BCUT2D eigenvalue weighted by Gasteiger charge is 2.00. The van der Waals surface area contributed by atoms with Crippen molar-refractivity contribution >= 4 is 11.5 Å². The number of anilines is 2. The first-order chi connectivity index (χ1) is 7.76. The first-order valence-corrected chi connectivity index (χ1v) is 5.81. The second-order valence-electron chi connectivity index (χ2n) is 4.03. The molecule has 1 atom stereocenters. The van der Waals surface area contributed by atoms with Gasteiger partial charge < -0.3 is 15.7 Å². The van der Waals surface area contributed by atoms with E-state index >= 15 is 0 Å². The van der Waals surface area contributed by atoms with Gasteiger partial charge in [0, 0.05) is 37.6 Å². The Balaban J connectivity index is 2.46. The average molecular weight is 223 g/mol. The maximum atomic E-state index is 8.92. The first kappa shape index (κ1) is 12.8. The van der Waals surface area contributed by atoms with Crippen molar-refractivity contribution in [2.75, 3.05) is 30.3 Å². The molecule has 0 spiro atoms. The molecule has 4 nitrogen and oxygen atoms in total. The van der Waals surface area contributed by atoms with E-state index in [1.54, 1.807) is 6.20 Å². The van der Waals surface area contributed by atoms with Crippen LogP contribution in [0.2, 0.25) is 0 Å². The number of aliphatic hydroxyl groups excluding tert-OH is 1. The molecular formula is C12H21N3O. The number of nitrogens with zero attached hydrogens (tertiary/aromatic N) is 1. The third-order valence-electron chi connectivity index (χ3n) is 2.28. The lowest BCUT2D eigenvalue weighted by molar-refractivity contribution is 0.244. The number of aliphatic hydroxyl groups is 1. The molecule has 4 heteroatoms. The molecule has 16 heavy (non-hydrogen) atoms. The summed E-state index contributed by atoms with van der Waals surface area (Å²) >= 11 is 0. The fourth-order valence-electron chi connectivity index (χ4n) is 1.25. The molecule has 0 bridgehead atoms. The lowest BCUT2D eigenvalue weighted by atomic mass is 10.2. The lowest BCUT2D eigenvalue weighted by Gasteiger charge is -2.11. The Kier molecular flexibility index (Phi) is 5.64. The third-order valence-corrected chi connectivity index (χ3v) is 2.28. The van der Waals surface area contributed by atoms with Crippen molar-refractivity contribution in [3.05, 3.63) is 18.3 Å². The zero-order valence-electron chi connectivity index (χ0n) is 10.0. The molecule has 0 aliphatic carbocycles. The van der Waals surface area contributed by atoms with Gasteiger partial charge in [0.25, 0.3) is 0 Å². The zero-order chi connectivity index (χ0) is 11.8. The van der Waals surface area contributed by atoms with Crippen LogP contribution in [0.1, 0.15) is 20.3 Å². The minimum absolute atomic E-state index is 0.207. The molecule has 0 saturated carbocycles. The van der Waals surface area contributed by atoms with Crippen molar-refractivity contribution in [2.45, 2.75) is 20.3 Å². The molecule has 1 heterocycles. The minimum atomic E-state index is 0.207. The summed E-state index contributed by atoms with van der Waals surface area (Å²) in [5.74, 6) is 1.16. The summed E-state index contributed by atoms with van der Waals surface area (Å²) in [6.07, 6.45) is 2.87. The fraction of sp³-hybridized carbons (Fsp3) is 0.583. The van der Waals surface area contributed by atoms with E-state index in [2.05, 4.69) is 22.5 Å². The molecule has 0 saturated heterocycles. The van der Waals surface area contributed by atoms with Crippen molar-refractivity contribution in [1.29, 1.82) is 0 Å². The number of nitrogens with one attached hydrogen (secondary N) is 2. The van der Waals surface area contributed by atoms with Gasteiger partial charge in [-0.2, -0.15) is 0 Å². The zero-order valence-corrected chi connectivity index (χ0v) is 10.0. The van der Waals surface area contributed by atoms with E-state index in [0.29, 0.717) is 0 Å². The quantitative estimate of drug-likeness (QED) is 0.661. The van der Waals surface area contributed by atoms with Gasteiger partial charge in [-0.15, -0.1) is 0 Å². The van der Waals surface area contributed by atoms with Gasteiger partial charge in [-0.3, -0.25) is 0 Å². The van der Waals surface area contributed by atoms with Crippen molar-refractivity contribution in [2.24, 2.45) is 5.92 Å². The van der Waals surface area contributed by atoms with E-state index in [4.69, 9.17) is 5.11 Å². The summed E-state index contributed by atoms with van der Waals surface area (Å²) in [7, 11) is 0. The van der Waals surface area contributed by atoms with Crippen LogP contribution in [0.3, 0.4) is 0 Å². The molecular weight excluding hydrogens is 202 g/mol. The molecule has 0 aromatic carbocycles. The summed E-state index contributed by atoms with van der Waals surface area (Å²) in [4.78, 5) is 4.22. The van der Waals surface area contributed by atoms with E-state index in [0.717, 1.165) is 31.0 Å². The number of hydrogen-bond acceptors (Lipinski definition) is 4. The van der Waals surface area contributed by atoms with Gasteiger partial charge >= 0.3 is 0 Å². The van der Waals surface area contributed by atoms with Crippen molar-refractivity contribution in [3.63, 3.8) is 0 Å². The number of aromatic nitrogens is 1. The largest absolute Gasteiger partial charge is 0.396 e. The second-order valence-corrected chi connectivity index (χ2v) is 4.03. The Morgan fingerprint density at radius 1 is 1.44 bits per heavy atom. The highest BCUT2D eigenvalue weighted by Crippen LogP contribution is 2.12. The van der Waals surface area contributed by atoms with Crippen LogP contribution in [0.4, 0.5) is 11.5 Å². The summed E-state index contributed by atoms with van der Waals surface area (Å²) < 4.78 is 0. The van der Waals surface area contributed by atoms with Gasteiger partial charge in [-0.1, -0.05) is 13.8 Å². The van der Waals surface area contributed by atoms with Gasteiger partial charge in [-0.05, 0) is 18.4 Å². The van der Waals surface area contributed by atoms with Crippen LogP contribution in [-0.2, 0) is 0 Å². The van der Waals surface area contributed by atoms with E-state index in [1.165, 1.54) is 0 Å². The molecule has 0 radical (unpaired) electrons. The topological polar surface area (TPSA) is 57.2 Å². The Labute approximate surface area is 97.1 Å².